The second-order valence-electron chi connectivity index (χ2n) is 7.77. The fraction of sp³-hybridized carbons (Fsp3) is 0.500. The number of rotatable bonds is 4. The molecule has 0 radical (unpaired) electrons. The standard InChI is InChI=1S/C20H28N4O2/c1-20(2)14-24(12-11-23(20)4)10-9-21-18(25)17-13-22(3)19(26)16-8-6-5-7-15(16)17/h5-8,13H,9-12,14H2,1-4H3,(H,21,25). The summed E-state index contributed by atoms with van der Waals surface area (Å²) in [6.07, 6.45) is 1.62. The third-order valence-electron chi connectivity index (χ3n) is 5.44. The molecule has 1 fully saturated rings. The highest BCUT2D eigenvalue weighted by molar-refractivity contribution is 6.06. The first-order valence-corrected chi connectivity index (χ1v) is 9.10. The quantitative estimate of drug-likeness (QED) is 0.897. The maximum Gasteiger partial charge on any atom is 0.258 e. The number of likely N-dealkylation sites (N-methyl/N-ethyl adjacent to an activating group) is 1. The highest BCUT2D eigenvalue weighted by Crippen LogP contribution is 2.18. The average molecular weight is 356 g/mol. The maximum atomic E-state index is 12.7. The van der Waals surface area contributed by atoms with Gasteiger partial charge in [0.25, 0.3) is 11.5 Å². The van der Waals surface area contributed by atoms with E-state index in [9.17, 15) is 9.59 Å². The second kappa shape index (κ2) is 7.21. The van der Waals surface area contributed by atoms with Gasteiger partial charge in [0.05, 0.1) is 5.56 Å². The maximum absolute atomic E-state index is 12.7. The van der Waals surface area contributed by atoms with E-state index in [1.54, 1.807) is 19.3 Å². The number of carbonyl (C=O) groups excluding carboxylic acids is 1. The van der Waals surface area contributed by atoms with Crippen molar-refractivity contribution >= 4 is 16.7 Å². The number of carbonyl (C=O) groups is 1. The Morgan fingerprint density at radius 2 is 1.85 bits per heavy atom. The molecule has 0 unspecified atom stereocenters. The predicted molar refractivity (Wildman–Crippen MR) is 105 cm³/mol. The number of nitrogens with one attached hydrogen (secondary N) is 1. The minimum Gasteiger partial charge on any atom is -0.351 e. The number of nitrogens with zero attached hydrogens (tertiary/aromatic N) is 3. The number of aromatic nitrogens is 1. The first kappa shape index (κ1) is 18.6. The van der Waals surface area contributed by atoms with E-state index < -0.39 is 0 Å². The molecule has 0 spiro atoms. The van der Waals surface area contributed by atoms with E-state index in [1.807, 2.05) is 18.2 Å². The van der Waals surface area contributed by atoms with Gasteiger partial charge in [0.1, 0.15) is 0 Å². The van der Waals surface area contributed by atoms with Crippen molar-refractivity contribution in [2.45, 2.75) is 19.4 Å². The first-order valence-electron chi connectivity index (χ1n) is 9.10. The zero-order chi connectivity index (χ0) is 18.9. The molecule has 0 saturated carbocycles. The largest absolute Gasteiger partial charge is 0.351 e. The monoisotopic (exact) mass is 356 g/mol. The number of aryl methyl sites for hydroxylation is 1. The Hall–Kier alpha value is -2.18. The summed E-state index contributed by atoms with van der Waals surface area (Å²) in [6, 6.07) is 7.26. The molecule has 0 atom stereocenters. The number of piperazine rings is 1. The van der Waals surface area contributed by atoms with Crippen molar-refractivity contribution in [1.82, 2.24) is 19.7 Å². The van der Waals surface area contributed by atoms with Gasteiger partial charge in [0.2, 0.25) is 0 Å². The summed E-state index contributed by atoms with van der Waals surface area (Å²) in [6.45, 7) is 8.94. The highest BCUT2D eigenvalue weighted by atomic mass is 16.2. The zero-order valence-corrected chi connectivity index (χ0v) is 16.1. The van der Waals surface area contributed by atoms with Gasteiger partial charge in [-0.3, -0.25) is 19.4 Å². The molecule has 26 heavy (non-hydrogen) atoms. The van der Waals surface area contributed by atoms with Crippen LogP contribution in [0.5, 0.6) is 0 Å². The van der Waals surface area contributed by atoms with Gasteiger partial charge in [-0.1, -0.05) is 18.2 Å². The van der Waals surface area contributed by atoms with Gasteiger partial charge in [0.15, 0.2) is 0 Å². The summed E-state index contributed by atoms with van der Waals surface area (Å²) in [5.74, 6) is -0.134. The Labute approximate surface area is 154 Å². The van der Waals surface area contributed by atoms with E-state index in [-0.39, 0.29) is 17.0 Å². The molecular weight excluding hydrogens is 328 g/mol. The lowest BCUT2D eigenvalue weighted by Gasteiger charge is -2.45. The van der Waals surface area contributed by atoms with Gasteiger partial charge in [-0.05, 0) is 27.0 Å². The lowest BCUT2D eigenvalue weighted by Crippen LogP contribution is -2.58. The molecule has 1 N–H and O–H groups in total. The molecule has 6 nitrogen and oxygen atoms in total. The van der Waals surface area contributed by atoms with Gasteiger partial charge in [-0.25, -0.2) is 0 Å². The van der Waals surface area contributed by atoms with Crippen LogP contribution >= 0.6 is 0 Å². The topological polar surface area (TPSA) is 57.6 Å². The van der Waals surface area contributed by atoms with Gasteiger partial charge < -0.3 is 9.88 Å². The van der Waals surface area contributed by atoms with E-state index in [0.717, 1.165) is 26.2 Å². The van der Waals surface area contributed by atoms with Crippen LogP contribution in [-0.2, 0) is 7.05 Å². The second-order valence-corrected chi connectivity index (χ2v) is 7.77. The van der Waals surface area contributed by atoms with Crippen LogP contribution in [-0.4, -0.2) is 65.6 Å². The predicted octanol–water partition coefficient (Wildman–Crippen LogP) is 1.29. The summed E-state index contributed by atoms with van der Waals surface area (Å²) < 4.78 is 1.47. The molecule has 2 aromatic rings. The Morgan fingerprint density at radius 1 is 1.15 bits per heavy atom. The van der Waals surface area contributed by atoms with Gasteiger partial charge in [0, 0.05) is 62.3 Å². The number of fused-ring (bicyclic) bond motifs is 1. The van der Waals surface area contributed by atoms with Crippen molar-refractivity contribution in [3.05, 3.63) is 46.4 Å². The van der Waals surface area contributed by atoms with Gasteiger partial charge >= 0.3 is 0 Å². The SMILES string of the molecule is CN1CCN(CCNC(=O)c2cn(C)c(=O)c3ccccc23)CC1(C)C. The smallest absolute Gasteiger partial charge is 0.258 e. The van der Waals surface area contributed by atoms with Crippen molar-refractivity contribution in [2.75, 3.05) is 39.8 Å². The molecule has 0 aliphatic carbocycles. The first-order chi connectivity index (χ1) is 12.3. The van der Waals surface area contributed by atoms with Crippen molar-refractivity contribution < 1.29 is 4.79 Å². The van der Waals surface area contributed by atoms with Crippen molar-refractivity contribution in [1.29, 1.82) is 0 Å². The van der Waals surface area contributed by atoms with Crippen LogP contribution in [0.25, 0.3) is 10.8 Å². The number of hydrogen-bond donors (Lipinski definition) is 1. The molecule has 3 rings (SSSR count). The molecule has 1 aliphatic rings. The van der Waals surface area contributed by atoms with Crippen LogP contribution in [0.15, 0.2) is 35.3 Å². The summed E-state index contributed by atoms with van der Waals surface area (Å²) in [7, 11) is 3.84. The zero-order valence-electron chi connectivity index (χ0n) is 16.1. The average Bonchev–Trinajstić information content (AvgIpc) is 2.61. The minimum atomic E-state index is -0.134. The summed E-state index contributed by atoms with van der Waals surface area (Å²) in [5, 5.41) is 4.29. The lowest BCUT2D eigenvalue weighted by atomic mass is 10.00. The van der Waals surface area contributed by atoms with Crippen LogP contribution in [0.1, 0.15) is 24.2 Å². The normalized spacial score (nSPS) is 18.2. The molecular formula is C20H28N4O2. The van der Waals surface area contributed by atoms with Crippen LogP contribution < -0.4 is 10.9 Å². The number of pyridine rings is 1. The number of hydrogen-bond acceptors (Lipinski definition) is 4. The molecule has 0 bridgehead atoms. The van der Waals surface area contributed by atoms with Crippen LogP contribution in [0.2, 0.25) is 0 Å². The fourth-order valence-corrected chi connectivity index (χ4v) is 3.55. The minimum absolute atomic E-state index is 0.0863. The molecule has 1 aromatic heterocycles. The summed E-state index contributed by atoms with van der Waals surface area (Å²) in [4.78, 5) is 29.7. The molecule has 6 heteroatoms. The van der Waals surface area contributed by atoms with E-state index in [2.05, 4.69) is 36.0 Å². The van der Waals surface area contributed by atoms with Gasteiger partial charge in [-0.2, -0.15) is 0 Å². The van der Waals surface area contributed by atoms with Crippen molar-refractivity contribution in [2.24, 2.45) is 7.05 Å². The van der Waals surface area contributed by atoms with Crippen molar-refractivity contribution in [3.8, 4) is 0 Å². The van der Waals surface area contributed by atoms with Crippen LogP contribution in [0.3, 0.4) is 0 Å². The van der Waals surface area contributed by atoms with Crippen LogP contribution in [0, 0.1) is 0 Å². The number of amides is 1. The Morgan fingerprint density at radius 3 is 2.54 bits per heavy atom. The Bertz CT molecular complexity index is 872. The van der Waals surface area contributed by atoms with E-state index in [0.29, 0.717) is 22.9 Å². The highest BCUT2D eigenvalue weighted by Gasteiger charge is 2.30. The third-order valence-corrected chi connectivity index (χ3v) is 5.44. The Kier molecular flexibility index (Phi) is 5.16. The summed E-state index contributed by atoms with van der Waals surface area (Å²) in [5.41, 5.74) is 0.606. The van der Waals surface area contributed by atoms with Crippen molar-refractivity contribution in [3.63, 3.8) is 0 Å². The molecule has 1 saturated heterocycles. The van der Waals surface area contributed by atoms with Crippen LogP contribution in [0.4, 0.5) is 0 Å². The summed E-state index contributed by atoms with van der Waals surface area (Å²) >= 11 is 0. The lowest BCUT2D eigenvalue weighted by molar-refractivity contribution is 0.0406. The molecule has 1 aliphatic heterocycles. The third kappa shape index (κ3) is 3.66. The Balaban J connectivity index is 1.67. The molecule has 2 heterocycles. The molecule has 1 aromatic carbocycles. The molecule has 140 valence electrons. The van der Waals surface area contributed by atoms with Gasteiger partial charge in [-0.15, -0.1) is 0 Å². The van der Waals surface area contributed by atoms with E-state index >= 15 is 0 Å². The molecule has 1 amide bonds. The van der Waals surface area contributed by atoms with E-state index in [1.165, 1.54) is 4.57 Å². The van der Waals surface area contributed by atoms with E-state index in [4.69, 9.17) is 0 Å². The number of benzene rings is 1. The fourth-order valence-electron chi connectivity index (χ4n) is 3.55.